The maximum absolute atomic E-state index is 11.9. The van der Waals surface area contributed by atoms with Crippen LogP contribution in [0.25, 0.3) is 0 Å². The van der Waals surface area contributed by atoms with E-state index < -0.39 is 15.6 Å². The molecule has 0 aliphatic carbocycles. The molecule has 0 N–H and O–H groups in total. The second-order valence-corrected chi connectivity index (χ2v) is 25.4. The molecule has 0 bridgehead atoms. The first kappa shape index (κ1) is 80.9. The van der Waals surface area contributed by atoms with Crippen LogP contribution in [-0.2, 0) is 27.2 Å². The molecule has 0 aliphatic heterocycles. The Morgan fingerprint density at radius 2 is 0.293 bits per heavy atom. The molecule has 0 radical (unpaired) electrons. The van der Waals surface area contributed by atoms with E-state index in [0.29, 0.717) is 0 Å². The van der Waals surface area contributed by atoms with Gasteiger partial charge in [0.25, 0.3) is 15.6 Å². The standard InChI is InChI=1S/2C32H67O4P.Sr/c2*1-3-5-7-9-11-13-15-17-19-21-23-25-27-29-31-35-37(33,34)36-32-30-28-26-24-22-20-18-16-14-12-10-8-6-4-2;/h2*3-32H2,1-2H3,(H,33,34);/q;;+2/p-2. The molecule has 0 aromatic rings. The van der Waals surface area contributed by atoms with Gasteiger partial charge in [0.2, 0.25) is 0 Å². The number of hydrogen-bond donors (Lipinski definition) is 0. The molecular weight excluding hydrogens is 1050 g/mol. The zero-order chi connectivity index (χ0) is 54.3. The van der Waals surface area contributed by atoms with Crippen LogP contribution in [0.1, 0.15) is 387 Å². The van der Waals surface area contributed by atoms with Crippen LogP contribution in [0.5, 0.6) is 0 Å². The summed E-state index contributed by atoms with van der Waals surface area (Å²) in [5, 5.41) is 0. The average molecular weight is 1180 g/mol. The molecule has 0 unspecified atom stereocenters. The molecule has 75 heavy (non-hydrogen) atoms. The monoisotopic (exact) mass is 1180 g/mol. The van der Waals surface area contributed by atoms with Crippen LogP contribution in [0.15, 0.2) is 0 Å². The molecule has 0 atom stereocenters. The maximum atomic E-state index is 11.9. The van der Waals surface area contributed by atoms with Gasteiger partial charge >= 0.3 is 45.5 Å². The Bertz CT molecular complexity index is 959. The number of unbranched alkanes of at least 4 members (excludes halogenated alkanes) is 52. The third-order valence-corrected chi connectivity index (χ3v) is 17.0. The van der Waals surface area contributed by atoms with Crippen LogP contribution < -0.4 is 9.79 Å². The van der Waals surface area contributed by atoms with Crippen molar-refractivity contribution in [2.45, 2.75) is 387 Å². The third-order valence-electron chi connectivity index (χ3n) is 15.0. The molecule has 448 valence electrons. The Balaban J connectivity index is -0.00000136. The van der Waals surface area contributed by atoms with Gasteiger partial charge in [-0.25, -0.2) is 0 Å². The molecule has 11 heteroatoms. The summed E-state index contributed by atoms with van der Waals surface area (Å²) in [4.78, 5) is 23.8. The van der Waals surface area contributed by atoms with E-state index in [1.807, 2.05) is 0 Å². The van der Waals surface area contributed by atoms with E-state index in [9.17, 15) is 18.9 Å². The van der Waals surface area contributed by atoms with Crippen molar-refractivity contribution in [2.75, 3.05) is 26.4 Å². The van der Waals surface area contributed by atoms with Crippen LogP contribution >= 0.6 is 15.6 Å². The fraction of sp³-hybridized carbons (Fsp3) is 1.00. The summed E-state index contributed by atoms with van der Waals surface area (Å²) in [6.45, 7) is 10.1. The van der Waals surface area contributed by atoms with Crippen LogP contribution in [0.3, 0.4) is 0 Å². The van der Waals surface area contributed by atoms with E-state index in [2.05, 4.69) is 27.7 Å². The number of hydrogen-bond acceptors (Lipinski definition) is 8. The summed E-state index contributed by atoms with van der Waals surface area (Å²) in [7, 11) is -8.23. The predicted octanol–water partition coefficient (Wildman–Crippen LogP) is 22.5. The minimum atomic E-state index is -4.12. The summed E-state index contributed by atoms with van der Waals surface area (Å²) in [6, 6.07) is 0. The Kier molecular flexibility index (Phi) is 75.5. The van der Waals surface area contributed by atoms with Crippen molar-refractivity contribution in [2.24, 2.45) is 0 Å². The molecular formula is C64H132O8P2Sr. The predicted molar refractivity (Wildman–Crippen MR) is 326 cm³/mol. The van der Waals surface area contributed by atoms with Crippen LogP contribution in [-0.4, -0.2) is 71.9 Å². The van der Waals surface area contributed by atoms with Crippen LogP contribution in [0.2, 0.25) is 0 Å². The molecule has 0 amide bonds. The zero-order valence-electron chi connectivity index (χ0n) is 51.3. The molecule has 0 aromatic carbocycles. The molecule has 0 aliphatic rings. The largest absolute Gasteiger partial charge is 2.00 e. The summed E-state index contributed by atoms with van der Waals surface area (Å²) in [6.07, 6.45) is 72.1. The van der Waals surface area contributed by atoms with Crippen LogP contribution in [0.4, 0.5) is 0 Å². The zero-order valence-corrected chi connectivity index (χ0v) is 56.6. The van der Waals surface area contributed by atoms with E-state index in [1.54, 1.807) is 0 Å². The van der Waals surface area contributed by atoms with Crippen molar-refractivity contribution in [3.63, 3.8) is 0 Å². The Morgan fingerprint density at radius 3 is 0.400 bits per heavy atom. The van der Waals surface area contributed by atoms with E-state index >= 15 is 0 Å². The second kappa shape index (κ2) is 70.0. The number of rotatable bonds is 64. The van der Waals surface area contributed by atoms with Crippen molar-refractivity contribution in [3.8, 4) is 0 Å². The summed E-state index contributed by atoms with van der Waals surface area (Å²) >= 11 is 0. The minimum Gasteiger partial charge on any atom is -0.756 e. The average Bonchev–Trinajstić information content (AvgIpc) is 3.38. The first-order chi connectivity index (χ1) is 36.2. The van der Waals surface area contributed by atoms with Gasteiger partial charge in [-0.1, -0.05) is 362 Å². The normalized spacial score (nSPS) is 11.8. The smallest absolute Gasteiger partial charge is 0.756 e. The van der Waals surface area contributed by atoms with Gasteiger partial charge in [-0.3, -0.25) is 9.13 Å². The molecule has 0 aromatic heterocycles. The van der Waals surface area contributed by atoms with Crippen molar-refractivity contribution in [1.82, 2.24) is 0 Å². The Morgan fingerprint density at radius 1 is 0.200 bits per heavy atom. The number of phosphoric acid groups is 2. The molecule has 0 rings (SSSR count). The molecule has 0 heterocycles. The van der Waals surface area contributed by atoms with Gasteiger partial charge in [0.1, 0.15) is 0 Å². The first-order valence-electron chi connectivity index (χ1n) is 33.4. The Hall–Kier alpha value is 1.70. The summed E-state index contributed by atoms with van der Waals surface area (Å²) < 4.78 is 43.9. The van der Waals surface area contributed by atoms with Crippen LogP contribution in [0, 0.1) is 0 Å². The van der Waals surface area contributed by atoms with Gasteiger partial charge in [0.05, 0.1) is 26.4 Å². The van der Waals surface area contributed by atoms with Crippen molar-refractivity contribution < 1.29 is 37.0 Å². The van der Waals surface area contributed by atoms with Gasteiger partial charge in [0.15, 0.2) is 0 Å². The maximum Gasteiger partial charge on any atom is 2.00 e. The van der Waals surface area contributed by atoms with Gasteiger partial charge < -0.3 is 27.9 Å². The SMILES string of the molecule is CCCCCCCCCCCCCCCCOP(=O)([O-])OCCCCCCCCCCCCCCCC.CCCCCCCCCCCCCCCCOP(=O)([O-])OCCCCCCCCCCCCCCCC.[Sr+2]. The van der Waals surface area contributed by atoms with Gasteiger partial charge in [-0.05, 0) is 25.7 Å². The molecule has 0 fully saturated rings. The first-order valence-corrected chi connectivity index (χ1v) is 36.4. The van der Waals surface area contributed by atoms with Gasteiger partial charge in [0, 0.05) is 0 Å². The third kappa shape index (κ3) is 75.7. The van der Waals surface area contributed by atoms with Crippen molar-refractivity contribution in [1.29, 1.82) is 0 Å². The Labute approximate surface area is 507 Å². The van der Waals surface area contributed by atoms with E-state index in [-0.39, 0.29) is 71.9 Å². The quantitative estimate of drug-likeness (QED) is 0.0336. The fourth-order valence-electron chi connectivity index (χ4n) is 9.97. The van der Waals surface area contributed by atoms with Crippen molar-refractivity contribution in [3.05, 3.63) is 0 Å². The fourth-order valence-corrected chi connectivity index (χ4v) is 11.5. The molecule has 0 saturated heterocycles. The molecule has 8 nitrogen and oxygen atoms in total. The van der Waals surface area contributed by atoms with E-state index in [0.717, 1.165) is 51.4 Å². The summed E-state index contributed by atoms with van der Waals surface area (Å²) in [5.74, 6) is 0. The van der Waals surface area contributed by atoms with Gasteiger partial charge in [-0.2, -0.15) is 0 Å². The van der Waals surface area contributed by atoms with E-state index in [4.69, 9.17) is 18.1 Å². The number of phosphoric ester groups is 2. The van der Waals surface area contributed by atoms with Gasteiger partial charge in [-0.15, -0.1) is 0 Å². The molecule has 0 saturated carbocycles. The minimum absolute atomic E-state index is 0. The second-order valence-electron chi connectivity index (χ2n) is 22.6. The molecule has 0 spiro atoms. The topological polar surface area (TPSA) is 117 Å². The summed E-state index contributed by atoms with van der Waals surface area (Å²) in [5.41, 5.74) is 0. The van der Waals surface area contributed by atoms with Crippen molar-refractivity contribution >= 4 is 61.1 Å². The van der Waals surface area contributed by atoms with E-state index in [1.165, 1.54) is 308 Å².